The van der Waals surface area contributed by atoms with E-state index in [0.717, 1.165) is 38.5 Å². The molecule has 2 fully saturated rings. The molecule has 98 valence electrons. The van der Waals surface area contributed by atoms with E-state index in [9.17, 15) is 4.79 Å². The van der Waals surface area contributed by atoms with Gasteiger partial charge in [-0.25, -0.2) is 0 Å². The van der Waals surface area contributed by atoms with Crippen molar-refractivity contribution >= 4 is 5.97 Å². The Balaban J connectivity index is 1.85. The van der Waals surface area contributed by atoms with Crippen LogP contribution < -0.4 is 5.73 Å². The highest BCUT2D eigenvalue weighted by molar-refractivity contribution is 5.80. The zero-order valence-corrected chi connectivity index (χ0v) is 10.9. The van der Waals surface area contributed by atoms with E-state index in [1.165, 1.54) is 19.3 Å². The zero-order chi connectivity index (χ0) is 12.3. The summed E-state index contributed by atoms with van der Waals surface area (Å²) in [6, 6.07) is 0. The van der Waals surface area contributed by atoms with Crippen molar-refractivity contribution in [3.8, 4) is 0 Å². The minimum absolute atomic E-state index is 0.135. The summed E-state index contributed by atoms with van der Waals surface area (Å²) in [5.74, 6) is 0.561. The van der Waals surface area contributed by atoms with Gasteiger partial charge in [-0.15, -0.1) is 0 Å². The molecule has 17 heavy (non-hydrogen) atoms. The Kier molecular flexibility index (Phi) is 4.08. The fourth-order valence-corrected chi connectivity index (χ4v) is 2.93. The number of hydrogen-bond donors (Lipinski definition) is 1. The molecule has 0 radical (unpaired) electrons. The van der Waals surface area contributed by atoms with E-state index in [1.807, 2.05) is 0 Å². The van der Waals surface area contributed by atoms with Crippen molar-refractivity contribution in [3.63, 3.8) is 0 Å². The molecule has 0 atom stereocenters. The molecule has 0 aromatic rings. The molecule has 0 unspecified atom stereocenters. The van der Waals surface area contributed by atoms with E-state index in [0.29, 0.717) is 5.92 Å². The standard InChI is InChI=1S/C14H25NO2/c1-11-7-9-14(15,10-8-11)13(16)17-12-5-3-2-4-6-12/h11-12H,2-10,15H2,1H3. The fraction of sp³-hybridized carbons (Fsp3) is 0.929. The lowest BCUT2D eigenvalue weighted by atomic mass is 9.78. The van der Waals surface area contributed by atoms with Gasteiger partial charge in [-0.1, -0.05) is 13.3 Å². The smallest absolute Gasteiger partial charge is 0.326 e. The van der Waals surface area contributed by atoms with Gasteiger partial charge in [0, 0.05) is 0 Å². The monoisotopic (exact) mass is 239 g/mol. The number of esters is 1. The second-order valence-electron chi connectivity index (χ2n) is 6.00. The number of carbonyl (C=O) groups is 1. The molecular formula is C14H25NO2. The first-order valence-corrected chi connectivity index (χ1v) is 7.10. The average molecular weight is 239 g/mol. The van der Waals surface area contributed by atoms with Crippen molar-refractivity contribution in [3.05, 3.63) is 0 Å². The Hall–Kier alpha value is -0.570. The van der Waals surface area contributed by atoms with Crippen LogP contribution in [0.15, 0.2) is 0 Å². The first kappa shape index (κ1) is 12.9. The van der Waals surface area contributed by atoms with Gasteiger partial charge in [0.1, 0.15) is 11.6 Å². The summed E-state index contributed by atoms with van der Waals surface area (Å²) in [6.07, 6.45) is 9.52. The molecule has 2 aliphatic rings. The minimum atomic E-state index is -0.691. The first-order valence-electron chi connectivity index (χ1n) is 7.10. The van der Waals surface area contributed by atoms with Crippen molar-refractivity contribution in [2.75, 3.05) is 0 Å². The van der Waals surface area contributed by atoms with Crippen LogP contribution in [0.4, 0.5) is 0 Å². The third kappa shape index (κ3) is 3.21. The zero-order valence-electron chi connectivity index (χ0n) is 10.9. The maximum Gasteiger partial charge on any atom is 0.326 e. The van der Waals surface area contributed by atoms with Gasteiger partial charge in [0.2, 0.25) is 0 Å². The molecule has 0 bridgehead atoms. The summed E-state index contributed by atoms with van der Waals surface area (Å²) in [4.78, 5) is 12.1. The van der Waals surface area contributed by atoms with E-state index in [4.69, 9.17) is 10.5 Å². The van der Waals surface area contributed by atoms with Gasteiger partial charge in [0.25, 0.3) is 0 Å². The van der Waals surface area contributed by atoms with Gasteiger partial charge >= 0.3 is 5.97 Å². The van der Waals surface area contributed by atoms with Crippen LogP contribution in [-0.4, -0.2) is 17.6 Å². The molecule has 3 heteroatoms. The third-order valence-electron chi connectivity index (χ3n) is 4.40. The van der Waals surface area contributed by atoms with Gasteiger partial charge in [0.15, 0.2) is 0 Å². The number of hydrogen-bond acceptors (Lipinski definition) is 3. The van der Waals surface area contributed by atoms with Crippen LogP contribution in [-0.2, 0) is 9.53 Å². The SMILES string of the molecule is CC1CCC(N)(C(=O)OC2CCCCC2)CC1. The molecule has 0 heterocycles. The fourth-order valence-electron chi connectivity index (χ4n) is 2.93. The van der Waals surface area contributed by atoms with Gasteiger partial charge in [-0.05, 0) is 57.3 Å². The molecular weight excluding hydrogens is 214 g/mol. The summed E-state index contributed by atoms with van der Waals surface area (Å²) in [7, 11) is 0. The van der Waals surface area contributed by atoms with Crippen LogP contribution in [0.1, 0.15) is 64.7 Å². The maximum atomic E-state index is 12.1. The maximum absolute atomic E-state index is 12.1. The van der Waals surface area contributed by atoms with Gasteiger partial charge in [0.05, 0.1) is 0 Å². The number of nitrogens with two attached hydrogens (primary N) is 1. The van der Waals surface area contributed by atoms with Crippen molar-refractivity contribution in [1.82, 2.24) is 0 Å². The Labute approximate surface area is 104 Å². The topological polar surface area (TPSA) is 52.3 Å². The highest BCUT2D eigenvalue weighted by Crippen LogP contribution is 2.32. The highest BCUT2D eigenvalue weighted by atomic mass is 16.5. The summed E-state index contributed by atoms with van der Waals surface area (Å²) in [5.41, 5.74) is 5.52. The van der Waals surface area contributed by atoms with Crippen LogP contribution in [0.3, 0.4) is 0 Å². The van der Waals surface area contributed by atoms with Crippen molar-refractivity contribution in [1.29, 1.82) is 0 Å². The summed E-state index contributed by atoms with van der Waals surface area (Å²) < 4.78 is 5.61. The molecule has 0 aliphatic heterocycles. The first-order chi connectivity index (χ1) is 8.10. The van der Waals surface area contributed by atoms with Crippen LogP contribution in [0.5, 0.6) is 0 Å². The Bertz CT molecular complexity index is 263. The van der Waals surface area contributed by atoms with E-state index in [2.05, 4.69) is 6.92 Å². The third-order valence-corrected chi connectivity index (χ3v) is 4.40. The summed E-state index contributed by atoms with van der Waals surface area (Å²) in [6.45, 7) is 2.23. The van der Waals surface area contributed by atoms with Gasteiger partial charge in [-0.3, -0.25) is 4.79 Å². The number of ether oxygens (including phenoxy) is 1. The van der Waals surface area contributed by atoms with Crippen LogP contribution in [0.25, 0.3) is 0 Å². The summed E-state index contributed by atoms with van der Waals surface area (Å²) in [5, 5.41) is 0. The Morgan fingerprint density at radius 2 is 1.71 bits per heavy atom. The van der Waals surface area contributed by atoms with Crippen molar-refractivity contribution < 1.29 is 9.53 Å². The van der Waals surface area contributed by atoms with E-state index < -0.39 is 5.54 Å². The Morgan fingerprint density at radius 3 is 2.29 bits per heavy atom. The molecule has 3 nitrogen and oxygen atoms in total. The molecule has 0 amide bonds. The molecule has 2 saturated carbocycles. The van der Waals surface area contributed by atoms with Gasteiger partial charge < -0.3 is 10.5 Å². The predicted molar refractivity (Wildman–Crippen MR) is 67.5 cm³/mol. The quantitative estimate of drug-likeness (QED) is 0.754. The molecule has 2 aliphatic carbocycles. The van der Waals surface area contributed by atoms with E-state index >= 15 is 0 Å². The number of rotatable bonds is 2. The highest BCUT2D eigenvalue weighted by Gasteiger charge is 2.39. The minimum Gasteiger partial charge on any atom is -0.461 e. The average Bonchev–Trinajstić information content (AvgIpc) is 2.34. The van der Waals surface area contributed by atoms with E-state index in [-0.39, 0.29) is 12.1 Å². The lowest BCUT2D eigenvalue weighted by Gasteiger charge is -2.35. The van der Waals surface area contributed by atoms with Crippen LogP contribution in [0.2, 0.25) is 0 Å². The van der Waals surface area contributed by atoms with Crippen LogP contribution in [0, 0.1) is 5.92 Å². The Morgan fingerprint density at radius 1 is 1.12 bits per heavy atom. The second kappa shape index (κ2) is 5.38. The second-order valence-corrected chi connectivity index (χ2v) is 6.00. The van der Waals surface area contributed by atoms with Crippen molar-refractivity contribution in [2.24, 2.45) is 11.7 Å². The molecule has 0 aromatic heterocycles. The number of carbonyl (C=O) groups excluding carboxylic acids is 1. The normalized spacial score (nSPS) is 35.5. The summed E-state index contributed by atoms with van der Waals surface area (Å²) >= 11 is 0. The predicted octanol–water partition coefficient (Wildman–Crippen LogP) is 2.77. The molecule has 2 rings (SSSR count). The van der Waals surface area contributed by atoms with E-state index in [1.54, 1.807) is 0 Å². The molecule has 0 saturated heterocycles. The largest absolute Gasteiger partial charge is 0.461 e. The molecule has 2 N–H and O–H groups in total. The lowest BCUT2D eigenvalue weighted by molar-refractivity contribution is -0.158. The van der Waals surface area contributed by atoms with Crippen molar-refractivity contribution in [2.45, 2.75) is 76.4 Å². The lowest BCUT2D eigenvalue weighted by Crippen LogP contribution is -2.52. The van der Waals surface area contributed by atoms with Crippen LogP contribution >= 0.6 is 0 Å². The molecule has 0 aromatic carbocycles. The molecule has 0 spiro atoms. The van der Waals surface area contributed by atoms with Gasteiger partial charge in [-0.2, -0.15) is 0 Å².